The van der Waals surface area contributed by atoms with Gasteiger partial charge in [0, 0.05) is 26.2 Å². The Balaban J connectivity index is 3.03. The second-order valence-corrected chi connectivity index (χ2v) is 3.92. The predicted octanol–water partition coefficient (Wildman–Crippen LogP) is 1.37. The number of carboxylic acids is 1. The molecule has 1 unspecified atom stereocenters. The van der Waals surface area contributed by atoms with Crippen LogP contribution in [0.25, 0.3) is 0 Å². The standard InChI is InChI=1S/C12H13N3O5/c1-20-5-4-10(12(16)17)14-9-3-2-8(7-13)6-11(9)15(18)19/h2-3,6,10,14H,4-5H2,1H3,(H,16,17). The number of ether oxygens (including phenoxy) is 1. The lowest BCUT2D eigenvalue weighted by atomic mass is 10.1. The lowest BCUT2D eigenvalue weighted by Crippen LogP contribution is -2.30. The number of nitrogens with zero attached hydrogens (tertiary/aromatic N) is 2. The molecule has 0 saturated carbocycles. The van der Waals surface area contributed by atoms with E-state index in [1.165, 1.54) is 19.2 Å². The molecule has 1 rings (SSSR count). The Hall–Kier alpha value is -2.66. The molecular formula is C12H13N3O5. The quantitative estimate of drug-likeness (QED) is 0.570. The molecule has 8 heteroatoms. The Morgan fingerprint density at radius 3 is 2.85 bits per heavy atom. The van der Waals surface area contributed by atoms with Crippen LogP contribution in [0.4, 0.5) is 11.4 Å². The molecule has 0 heterocycles. The molecule has 8 nitrogen and oxygen atoms in total. The molecule has 0 saturated heterocycles. The van der Waals surface area contributed by atoms with Crippen molar-refractivity contribution in [2.45, 2.75) is 12.5 Å². The second kappa shape index (κ2) is 7.06. The molecule has 0 aliphatic heterocycles. The van der Waals surface area contributed by atoms with Crippen molar-refractivity contribution in [2.24, 2.45) is 0 Å². The van der Waals surface area contributed by atoms with E-state index in [0.29, 0.717) is 0 Å². The molecule has 0 fully saturated rings. The van der Waals surface area contributed by atoms with E-state index in [1.807, 2.05) is 0 Å². The monoisotopic (exact) mass is 279 g/mol. The maximum absolute atomic E-state index is 11.1. The SMILES string of the molecule is COCCC(Nc1ccc(C#N)cc1[N+](=O)[O-])C(=O)O. The van der Waals surface area contributed by atoms with Crippen LogP contribution < -0.4 is 5.32 Å². The fourth-order valence-electron chi connectivity index (χ4n) is 1.56. The minimum atomic E-state index is -1.14. The average Bonchev–Trinajstić information content (AvgIpc) is 2.42. The summed E-state index contributed by atoms with van der Waals surface area (Å²) in [4.78, 5) is 21.3. The number of nitro groups is 1. The van der Waals surface area contributed by atoms with Gasteiger partial charge in [-0.1, -0.05) is 0 Å². The average molecular weight is 279 g/mol. The van der Waals surface area contributed by atoms with Crippen LogP contribution in [0.5, 0.6) is 0 Å². The summed E-state index contributed by atoms with van der Waals surface area (Å²) < 4.78 is 4.79. The first-order valence-electron chi connectivity index (χ1n) is 5.66. The summed E-state index contributed by atoms with van der Waals surface area (Å²) in [5, 5.41) is 31.3. The van der Waals surface area contributed by atoms with Crippen molar-refractivity contribution in [2.75, 3.05) is 19.0 Å². The third-order valence-electron chi connectivity index (χ3n) is 2.56. The van der Waals surface area contributed by atoms with Crippen LogP contribution in [0, 0.1) is 21.4 Å². The van der Waals surface area contributed by atoms with Crippen LogP contribution >= 0.6 is 0 Å². The maximum Gasteiger partial charge on any atom is 0.326 e. The molecule has 1 aromatic rings. The van der Waals surface area contributed by atoms with Gasteiger partial charge in [0.15, 0.2) is 0 Å². The lowest BCUT2D eigenvalue weighted by molar-refractivity contribution is -0.384. The summed E-state index contributed by atoms with van der Waals surface area (Å²) in [7, 11) is 1.43. The van der Waals surface area contributed by atoms with Crippen molar-refractivity contribution >= 4 is 17.3 Å². The molecule has 0 spiro atoms. The molecule has 0 aromatic heterocycles. The molecule has 0 bridgehead atoms. The number of carboxylic acid groups (broad SMARTS) is 1. The number of nitrogens with one attached hydrogen (secondary N) is 1. The third kappa shape index (κ3) is 3.93. The first-order valence-corrected chi connectivity index (χ1v) is 5.66. The number of nitro benzene ring substituents is 1. The van der Waals surface area contributed by atoms with Crippen molar-refractivity contribution in [3.8, 4) is 6.07 Å². The lowest BCUT2D eigenvalue weighted by Gasteiger charge is -2.15. The summed E-state index contributed by atoms with van der Waals surface area (Å²) in [6.07, 6.45) is 0.156. The van der Waals surface area contributed by atoms with Gasteiger partial charge >= 0.3 is 5.97 Å². The Kier molecular flexibility index (Phi) is 5.43. The number of benzene rings is 1. The Labute approximate surface area is 114 Å². The van der Waals surface area contributed by atoms with Gasteiger partial charge in [-0.3, -0.25) is 10.1 Å². The maximum atomic E-state index is 11.1. The van der Waals surface area contributed by atoms with E-state index < -0.39 is 16.9 Å². The van der Waals surface area contributed by atoms with Gasteiger partial charge in [-0.25, -0.2) is 4.79 Å². The van der Waals surface area contributed by atoms with E-state index in [9.17, 15) is 14.9 Å². The highest BCUT2D eigenvalue weighted by atomic mass is 16.6. The van der Waals surface area contributed by atoms with Crippen molar-refractivity contribution < 1.29 is 19.6 Å². The number of nitriles is 1. The smallest absolute Gasteiger partial charge is 0.326 e. The van der Waals surface area contributed by atoms with Gasteiger partial charge in [0.1, 0.15) is 11.7 Å². The molecule has 2 N–H and O–H groups in total. The number of rotatable bonds is 7. The van der Waals surface area contributed by atoms with Crippen LogP contribution in [-0.2, 0) is 9.53 Å². The number of aliphatic carboxylic acids is 1. The molecule has 106 valence electrons. The number of hydrogen-bond acceptors (Lipinski definition) is 6. The molecule has 0 amide bonds. The highest BCUT2D eigenvalue weighted by molar-refractivity contribution is 5.79. The molecule has 0 radical (unpaired) electrons. The minimum Gasteiger partial charge on any atom is -0.480 e. The largest absolute Gasteiger partial charge is 0.480 e. The van der Waals surface area contributed by atoms with E-state index in [2.05, 4.69) is 5.32 Å². The molecule has 0 aliphatic carbocycles. The number of anilines is 1. The summed E-state index contributed by atoms with van der Waals surface area (Å²) in [5.41, 5.74) is -0.156. The highest BCUT2D eigenvalue weighted by Crippen LogP contribution is 2.26. The Morgan fingerprint density at radius 2 is 2.35 bits per heavy atom. The van der Waals surface area contributed by atoms with Gasteiger partial charge < -0.3 is 15.2 Å². The number of hydrogen-bond donors (Lipinski definition) is 2. The van der Waals surface area contributed by atoms with E-state index >= 15 is 0 Å². The summed E-state index contributed by atoms with van der Waals surface area (Å²) in [5.74, 6) is -1.14. The van der Waals surface area contributed by atoms with Gasteiger partial charge in [-0.2, -0.15) is 5.26 Å². The molecule has 1 atom stereocenters. The zero-order valence-electron chi connectivity index (χ0n) is 10.7. The first kappa shape index (κ1) is 15.4. The first-order chi connectivity index (χ1) is 9.49. The highest BCUT2D eigenvalue weighted by Gasteiger charge is 2.22. The van der Waals surface area contributed by atoms with E-state index in [-0.39, 0.29) is 30.0 Å². The van der Waals surface area contributed by atoms with Crippen molar-refractivity contribution in [1.82, 2.24) is 0 Å². The molecule has 1 aromatic carbocycles. The summed E-state index contributed by atoms with van der Waals surface area (Å²) >= 11 is 0. The fourth-order valence-corrected chi connectivity index (χ4v) is 1.56. The van der Waals surface area contributed by atoms with Gasteiger partial charge in [0.05, 0.1) is 16.6 Å². The van der Waals surface area contributed by atoms with Crippen LogP contribution in [0.15, 0.2) is 18.2 Å². The second-order valence-electron chi connectivity index (χ2n) is 3.92. The minimum absolute atomic E-state index is 0.0532. The van der Waals surface area contributed by atoms with Crippen LogP contribution in [-0.4, -0.2) is 35.8 Å². The van der Waals surface area contributed by atoms with Gasteiger partial charge in [0.2, 0.25) is 0 Å². The van der Waals surface area contributed by atoms with Crippen molar-refractivity contribution in [3.63, 3.8) is 0 Å². The number of carbonyl (C=O) groups is 1. The van der Waals surface area contributed by atoms with Gasteiger partial charge in [0.25, 0.3) is 5.69 Å². The normalized spacial score (nSPS) is 11.4. The molecule has 0 aliphatic rings. The van der Waals surface area contributed by atoms with E-state index in [1.54, 1.807) is 6.07 Å². The van der Waals surface area contributed by atoms with Gasteiger partial charge in [-0.05, 0) is 12.1 Å². The fraction of sp³-hybridized carbons (Fsp3) is 0.333. The van der Waals surface area contributed by atoms with Crippen LogP contribution in [0.3, 0.4) is 0 Å². The van der Waals surface area contributed by atoms with Gasteiger partial charge in [-0.15, -0.1) is 0 Å². The van der Waals surface area contributed by atoms with Crippen LogP contribution in [0.1, 0.15) is 12.0 Å². The van der Waals surface area contributed by atoms with E-state index in [4.69, 9.17) is 15.1 Å². The Bertz CT molecular complexity index is 553. The topological polar surface area (TPSA) is 125 Å². The number of methoxy groups -OCH3 is 1. The van der Waals surface area contributed by atoms with Crippen molar-refractivity contribution in [1.29, 1.82) is 5.26 Å². The molecule has 20 heavy (non-hydrogen) atoms. The predicted molar refractivity (Wildman–Crippen MR) is 69.4 cm³/mol. The van der Waals surface area contributed by atoms with E-state index in [0.717, 1.165) is 6.07 Å². The zero-order valence-corrected chi connectivity index (χ0v) is 10.7. The van der Waals surface area contributed by atoms with Crippen molar-refractivity contribution in [3.05, 3.63) is 33.9 Å². The summed E-state index contributed by atoms with van der Waals surface area (Å²) in [6.45, 7) is 0.202. The molecular weight excluding hydrogens is 266 g/mol. The zero-order chi connectivity index (χ0) is 15.1. The summed E-state index contributed by atoms with van der Waals surface area (Å²) in [6, 6.07) is 4.57. The Morgan fingerprint density at radius 1 is 1.65 bits per heavy atom. The third-order valence-corrected chi connectivity index (χ3v) is 2.56. The van der Waals surface area contributed by atoms with Crippen LogP contribution in [0.2, 0.25) is 0 Å².